The van der Waals surface area contributed by atoms with E-state index in [2.05, 4.69) is 50.5 Å². The molecule has 0 saturated heterocycles. The molecule has 0 amide bonds. The summed E-state index contributed by atoms with van der Waals surface area (Å²) < 4.78 is 5.07. The van der Waals surface area contributed by atoms with E-state index in [0.29, 0.717) is 6.61 Å². The minimum atomic E-state index is 0.0540. The fraction of sp³-hybridized carbons (Fsp3) is 0.688. The number of hydrogen-bond donors (Lipinski definition) is 2. The standard InChI is InChI=1S/C16H29N3O/c1-6-7-17-12-13-10-14(16(2,3)4)19-15(11-13)18-8-9-20-5/h10-11,17H,6-9,12H2,1-5H3,(H,18,19). The van der Waals surface area contributed by atoms with Crippen LogP contribution >= 0.6 is 0 Å². The second-order valence-corrected chi connectivity index (χ2v) is 6.09. The lowest BCUT2D eigenvalue weighted by molar-refractivity contribution is 0.210. The molecule has 0 radical (unpaired) electrons. The molecule has 4 heteroatoms. The number of rotatable bonds is 8. The van der Waals surface area contributed by atoms with Crippen molar-refractivity contribution in [2.45, 2.75) is 46.1 Å². The predicted molar refractivity (Wildman–Crippen MR) is 85.3 cm³/mol. The van der Waals surface area contributed by atoms with Gasteiger partial charge >= 0.3 is 0 Å². The highest BCUT2D eigenvalue weighted by Gasteiger charge is 2.17. The van der Waals surface area contributed by atoms with Gasteiger partial charge in [0.25, 0.3) is 0 Å². The van der Waals surface area contributed by atoms with Crippen LogP contribution in [0, 0.1) is 0 Å². The highest BCUT2D eigenvalue weighted by atomic mass is 16.5. The zero-order chi connectivity index (χ0) is 15.0. The fourth-order valence-corrected chi connectivity index (χ4v) is 1.85. The van der Waals surface area contributed by atoms with Crippen LogP contribution in [0.1, 0.15) is 45.4 Å². The minimum Gasteiger partial charge on any atom is -0.383 e. The molecule has 0 fully saturated rings. The van der Waals surface area contributed by atoms with E-state index < -0.39 is 0 Å². The molecule has 0 atom stereocenters. The summed E-state index contributed by atoms with van der Waals surface area (Å²) in [6.07, 6.45) is 1.15. The third-order valence-electron chi connectivity index (χ3n) is 3.02. The SMILES string of the molecule is CCCNCc1cc(NCCOC)nc(C(C)(C)C)c1. The van der Waals surface area contributed by atoms with Crippen molar-refractivity contribution >= 4 is 5.82 Å². The maximum absolute atomic E-state index is 5.07. The van der Waals surface area contributed by atoms with Gasteiger partial charge in [0.2, 0.25) is 0 Å². The molecule has 0 aliphatic carbocycles. The molecule has 4 nitrogen and oxygen atoms in total. The second-order valence-electron chi connectivity index (χ2n) is 6.09. The van der Waals surface area contributed by atoms with Crippen molar-refractivity contribution in [1.82, 2.24) is 10.3 Å². The summed E-state index contributed by atoms with van der Waals surface area (Å²) in [5.41, 5.74) is 2.45. The first-order valence-electron chi connectivity index (χ1n) is 7.42. The van der Waals surface area contributed by atoms with Gasteiger partial charge in [-0.15, -0.1) is 0 Å². The maximum atomic E-state index is 5.07. The second kappa shape index (κ2) is 8.22. The normalized spacial score (nSPS) is 11.7. The van der Waals surface area contributed by atoms with Gasteiger partial charge in [0.1, 0.15) is 5.82 Å². The van der Waals surface area contributed by atoms with E-state index in [0.717, 1.165) is 37.6 Å². The van der Waals surface area contributed by atoms with Crippen LogP contribution in [0.2, 0.25) is 0 Å². The van der Waals surface area contributed by atoms with E-state index in [1.807, 2.05) is 0 Å². The van der Waals surface area contributed by atoms with Gasteiger partial charge in [-0.05, 0) is 30.7 Å². The number of methoxy groups -OCH3 is 1. The Morgan fingerprint density at radius 3 is 2.55 bits per heavy atom. The Hall–Kier alpha value is -1.13. The van der Waals surface area contributed by atoms with E-state index in [1.165, 1.54) is 5.56 Å². The fourth-order valence-electron chi connectivity index (χ4n) is 1.85. The third kappa shape index (κ3) is 5.88. The maximum Gasteiger partial charge on any atom is 0.126 e. The van der Waals surface area contributed by atoms with E-state index >= 15 is 0 Å². The summed E-state index contributed by atoms with van der Waals surface area (Å²) in [5, 5.41) is 6.77. The highest BCUT2D eigenvalue weighted by molar-refractivity contribution is 5.41. The molecule has 0 unspecified atom stereocenters. The van der Waals surface area contributed by atoms with Crippen LogP contribution in [0.4, 0.5) is 5.82 Å². The van der Waals surface area contributed by atoms with Crippen molar-refractivity contribution < 1.29 is 4.74 Å². The van der Waals surface area contributed by atoms with Crippen molar-refractivity contribution in [2.24, 2.45) is 0 Å². The van der Waals surface area contributed by atoms with E-state index in [4.69, 9.17) is 9.72 Å². The molecule has 1 rings (SSSR count). The minimum absolute atomic E-state index is 0.0540. The highest BCUT2D eigenvalue weighted by Crippen LogP contribution is 2.23. The van der Waals surface area contributed by atoms with E-state index in [-0.39, 0.29) is 5.41 Å². The number of anilines is 1. The Morgan fingerprint density at radius 2 is 1.95 bits per heavy atom. The van der Waals surface area contributed by atoms with Crippen LogP contribution in [0.3, 0.4) is 0 Å². The molecule has 1 aromatic rings. The zero-order valence-electron chi connectivity index (χ0n) is 13.5. The van der Waals surface area contributed by atoms with Crippen LogP contribution in [-0.4, -0.2) is 31.8 Å². The van der Waals surface area contributed by atoms with Crippen molar-refractivity contribution in [3.05, 3.63) is 23.4 Å². The van der Waals surface area contributed by atoms with Crippen LogP contribution in [-0.2, 0) is 16.7 Å². The Morgan fingerprint density at radius 1 is 1.20 bits per heavy atom. The molecule has 0 aliphatic heterocycles. The molecule has 2 N–H and O–H groups in total. The molecule has 0 aromatic carbocycles. The van der Waals surface area contributed by atoms with Crippen molar-refractivity contribution in [3.8, 4) is 0 Å². The quantitative estimate of drug-likeness (QED) is 0.718. The molecule has 20 heavy (non-hydrogen) atoms. The Labute approximate surface area is 123 Å². The summed E-state index contributed by atoms with van der Waals surface area (Å²) in [7, 11) is 1.71. The van der Waals surface area contributed by atoms with Crippen LogP contribution < -0.4 is 10.6 Å². The largest absolute Gasteiger partial charge is 0.383 e. The number of nitrogens with one attached hydrogen (secondary N) is 2. The average Bonchev–Trinajstić information content (AvgIpc) is 2.38. The van der Waals surface area contributed by atoms with Gasteiger partial charge in [-0.3, -0.25) is 0 Å². The lowest BCUT2D eigenvalue weighted by Gasteiger charge is -2.20. The lowest BCUT2D eigenvalue weighted by Crippen LogP contribution is -2.19. The summed E-state index contributed by atoms with van der Waals surface area (Å²) in [5.74, 6) is 0.933. The topological polar surface area (TPSA) is 46.2 Å². The van der Waals surface area contributed by atoms with Crippen LogP contribution in [0.25, 0.3) is 0 Å². The molecule has 114 valence electrons. The molecule has 1 aromatic heterocycles. The van der Waals surface area contributed by atoms with E-state index in [9.17, 15) is 0 Å². The number of nitrogens with zero attached hydrogens (tertiary/aromatic N) is 1. The predicted octanol–water partition coefficient (Wildman–Crippen LogP) is 2.94. The summed E-state index contributed by atoms with van der Waals surface area (Å²) in [6.45, 7) is 12.1. The molecule has 1 heterocycles. The Bertz CT molecular complexity index is 371. The third-order valence-corrected chi connectivity index (χ3v) is 3.02. The number of hydrogen-bond acceptors (Lipinski definition) is 4. The molecule has 0 bridgehead atoms. The number of pyridine rings is 1. The van der Waals surface area contributed by atoms with Gasteiger partial charge in [0.05, 0.1) is 6.61 Å². The van der Waals surface area contributed by atoms with Gasteiger partial charge in [-0.25, -0.2) is 4.98 Å². The van der Waals surface area contributed by atoms with Crippen molar-refractivity contribution in [1.29, 1.82) is 0 Å². The van der Waals surface area contributed by atoms with Gasteiger partial charge < -0.3 is 15.4 Å². The van der Waals surface area contributed by atoms with Crippen molar-refractivity contribution in [3.63, 3.8) is 0 Å². The van der Waals surface area contributed by atoms with Gasteiger partial charge in [0.15, 0.2) is 0 Å². The average molecular weight is 279 g/mol. The number of aromatic nitrogens is 1. The molecular formula is C16H29N3O. The zero-order valence-corrected chi connectivity index (χ0v) is 13.5. The first kappa shape index (κ1) is 16.9. The molecule has 0 aliphatic rings. The van der Waals surface area contributed by atoms with Crippen LogP contribution in [0.15, 0.2) is 12.1 Å². The number of ether oxygens (including phenoxy) is 1. The first-order chi connectivity index (χ1) is 9.47. The smallest absolute Gasteiger partial charge is 0.126 e. The van der Waals surface area contributed by atoms with Crippen LogP contribution in [0.5, 0.6) is 0 Å². The van der Waals surface area contributed by atoms with Gasteiger partial charge in [0, 0.05) is 31.3 Å². The van der Waals surface area contributed by atoms with Gasteiger partial charge in [-0.2, -0.15) is 0 Å². The molecule has 0 spiro atoms. The lowest BCUT2D eigenvalue weighted by atomic mass is 9.90. The Balaban J connectivity index is 2.84. The summed E-state index contributed by atoms with van der Waals surface area (Å²) in [6, 6.07) is 4.32. The summed E-state index contributed by atoms with van der Waals surface area (Å²) in [4.78, 5) is 4.71. The molecule has 0 saturated carbocycles. The molecular weight excluding hydrogens is 250 g/mol. The van der Waals surface area contributed by atoms with Crippen molar-refractivity contribution in [2.75, 3.05) is 32.1 Å². The monoisotopic (exact) mass is 279 g/mol. The van der Waals surface area contributed by atoms with Gasteiger partial charge in [-0.1, -0.05) is 27.7 Å². The Kier molecular flexibility index (Phi) is 6.96. The summed E-state index contributed by atoms with van der Waals surface area (Å²) >= 11 is 0. The first-order valence-corrected chi connectivity index (χ1v) is 7.42. The van der Waals surface area contributed by atoms with E-state index in [1.54, 1.807) is 7.11 Å².